The largest absolute Gasteiger partial charge is 0.545 e. The normalized spacial score (nSPS) is 15.2. The van der Waals surface area contributed by atoms with Crippen LogP contribution in [0.3, 0.4) is 0 Å². The summed E-state index contributed by atoms with van der Waals surface area (Å²) >= 11 is 0.618. The van der Waals surface area contributed by atoms with E-state index in [0.717, 1.165) is 4.90 Å². The first-order chi connectivity index (χ1) is 13.3. The van der Waals surface area contributed by atoms with Crippen molar-refractivity contribution in [1.82, 2.24) is 4.90 Å². The Morgan fingerprint density at radius 1 is 1.11 bits per heavy atom. The first-order valence-electron chi connectivity index (χ1n) is 7.96. The van der Waals surface area contributed by atoms with E-state index in [1.54, 1.807) is 6.07 Å². The van der Waals surface area contributed by atoms with E-state index < -0.39 is 35.4 Å². The van der Waals surface area contributed by atoms with Gasteiger partial charge in [0.2, 0.25) is 5.91 Å². The molecule has 0 saturated carbocycles. The van der Waals surface area contributed by atoms with Crippen LogP contribution in [0, 0.1) is 5.82 Å². The van der Waals surface area contributed by atoms with Gasteiger partial charge in [-0.25, -0.2) is 4.39 Å². The fourth-order valence-corrected chi connectivity index (χ4v) is 3.23. The van der Waals surface area contributed by atoms with Crippen molar-refractivity contribution in [3.05, 3.63) is 70.4 Å². The fourth-order valence-electron chi connectivity index (χ4n) is 2.40. The lowest BCUT2D eigenvalue weighted by Crippen LogP contribution is -2.36. The smallest absolute Gasteiger partial charge is 0.294 e. The van der Waals surface area contributed by atoms with Crippen LogP contribution in [0.1, 0.15) is 15.9 Å². The van der Waals surface area contributed by atoms with E-state index in [2.05, 4.69) is 5.32 Å². The molecule has 0 unspecified atom stereocenters. The summed E-state index contributed by atoms with van der Waals surface area (Å²) in [4.78, 5) is 48.0. The number of hydrogen-bond acceptors (Lipinski definition) is 6. The van der Waals surface area contributed by atoms with E-state index in [9.17, 15) is 28.7 Å². The van der Waals surface area contributed by atoms with Gasteiger partial charge in [-0.15, -0.1) is 0 Å². The molecule has 3 rings (SSSR count). The zero-order chi connectivity index (χ0) is 20.3. The number of nitrogens with zero attached hydrogens (tertiary/aromatic N) is 1. The second kappa shape index (κ2) is 8.05. The number of carboxylic acid groups (broad SMARTS) is 1. The number of imide groups is 1. The molecule has 1 N–H and O–H groups in total. The van der Waals surface area contributed by atoms with Crippen LogP contribution in [0.25, 0.3) is 6.08 Å². The Morgan fingerprint density at radius 3 is 2.43 bits per heavy atom. The molecule has 1 aliphatic heterocycles. The van der Waals surface area contributed by atoms with Gasteiger partial charge < -0.3 is 15.2 Å². The van der Waals surface area contributed by atoms with Crippen LogP contribution in [0.2, 0.25) is 0 Å². The molecule has 2 aromatic rings. The molecule has 7 nitrogen and oxygen atoms in total. The Kier molecular flexibility index (Phi) is 5.55. The number of benzene rings is 2. The second-order valence-corrected chi connectivity index (χ2v) is 6.70. The third-order valence-electron chi connectivity index (χ3n) is 3.77. The first kappa shape index (κ1) is 19.3. The second-order valence-electron chi connectivity index (χ2n) is 5.70. The third-order valence-corrected chi connectivity index (χ3v) is 4.68. The number of hydrogen-bond donors (Lipinski definition) is 1. The predicted octanol–water partition coefficient (Wildman–Crippen LogP) is 1.86. The average Bonchev–Trinajstić information content (AvgIpc) is 2.91. The van der Waals surface area contributed by atoms with Crippen molar-refractivity contribution < 1.29 is 28.7 Å². The van der Waals surface area contributed by atoms with Gasteiger partial charge in [0.1, 0.15) is 12.4 Å². The van der Waals surface area contributed by atoms with Gasteiger partial charge in [-0.3, -0.25) is 19.3 Å². The Labute approximate surface area is 162 Å². The van der Waals surface area contributed by atoms with Crippen LogP contribution in [0.5, 0.6) is 0 Å². The summed E-state index contributed by atoms with van der Waals surface area (Å²) in [5.74, 6) is -3.22. The molecule has 9 heteroatoms. The lowest BCUT2D eigenvalue weighted by molar-refractivity contribution is -0.255. The number of aromatic carboxylic acids is 1. The zero-order valence-corrected chi connectivity index (χ0v) is 15.0. The van der Waals surface area contributed by atoms with Gasteiger partial charge in [0.05, 0.1) is 10.9 Å². The molecule has 0 bridgehead atoms. The minimum Gasteiger partial charge on any atom is -0.545 e. The highest BCUT2D eigenvalue weighted by molar-refractivity contribution is 8.18. The van der Waals surface area contributed by atoms with E-state index in [-0.39, 0.29) is 16.0 Å². The van der Waals surface area contributed by atoms with Crippen LogP contribution >= 0.6 is 11.8 Å². The zero-order valence-electron chi connectivity index (χ0n) is 14.2. The van der Waals surface area contributed by atoms with Gasteiger partial charge in [0, 0.05) is 11.3 Å². The highest BCUT2D eigenvalue weighted by atomic mass is 32.2. The van der Waals surface area contributed by atoms with Crippen LogP contribution in [0.4, 0.5) is 14.9 Å². The molecule has 2 aromatic carbocycles. The first-order valence-corrected chi connectivity index (χ1v) is 8.78. The molecule has 3 amide bonds. The SMILES string of the molecule is O=C(CN1C(=O)S/C(=C/c2ccccc2F)C1=O)Nc1ccc(C(=O)[O-])cc1. The minimum atomic E-state index is -1.35. The van der Waals surface area contributed by atoms with Crippen LogP contribution in [-0.2, 0) is 9.59 Å². The van der Waals surface area contributed by atoms with Crippen molar-refractivity contribution in [3.8, 4) is 0 Å². The molecule has 0 atom stereocenters. The quantitative estimate of drug-likeness (QED) is 0.770. The molecular weight excluding hydrogens is 387 g/mol. The van der Waals surface area contributed by atoms with Crippen LogP contribution in [0.15, 0.2) is 53.4 Å². The summed E-state index contributed by atoms with van der Waals surface area (Å²) in [6.07, 6.45) is 1.26. The summed E-state index contributed by atoms with van der Waals surface area (Å²) in [5.41, 5.74) is 0.400. The lowest BCUT2D eigenvalue weighted by atomic mass is 10.2. The Balaban J connectivity index is 1.68. The molecule has 28 heavy (non-hydrogen) atoms. The molecule has 1 aliphatic rings. The van der Waals surface area contributed by atoms with E-state index in [4.69, 9.17) is 0 Å². The number of carboxylic acids is 1. The monoisotopic (exact) mass is 399 g/mol. The highest BCUT2D eigenvalue weighted by Crippen LogP contribution is 2.32. The summed E-state index contributed by atoms with van der Waals surface area (Å²) in [6, 6.07) is 11.0. The number of anilines is 1. The number of carbonyl (C=O) groups is 4. The average molecular weight is 399 g/mol. The molecule has 1 fully saturated rings. The Morgan fingerprint density at radius 2 is 1.79 bits per heavy atom. The highest BCUT2D eigenvalue weighted by Gasteiger charge is 2.36. The van der Waals surface area contributed by atoms with Crippen molar-refractivity contribution in [2.75, 3.05) is 11.9 Å². The molecule has 1 heterocycles. The topological polar surface area (TPSA) is 107 Å². The maximum Gasteiger partial charge on any atom is 0.294 e. The maximum atomic E-state index is 13.7. The van der Waals surface area contributed by atoms with Crippen LogP contribution < -0.4 is 10.4 Å². The number of thioether (sulfide) groups is 1. The molecular formula is C19H12FN2O5S-. The van der Waals surface area contributed by atoms with Crippen molar-refractivity contribution in [2.24, 2.45) is 0 Å². The van der Waals surface area contributed by atoms with Gasteiger partial charge in [-0.05, 0) is 41.6 Å². The van der Waals surface area contributed by atoms with E-state index in [1.807, 2.05) is 0 Å². The number of amides is 3. The Bertz CT molecular complexity index is 1000. The van der Waals surface area contributed by atoms with E-state index in [0.29, 0.717) is 17.4 Å². The van der Waals surface area contributed by atoms with Gasteiger partial charge in [0.25, 0.3) is 11.1 Å². The molecule has 0 aliphatic carbocycles. The molecule has 1 saturated heterocycles. The lowest BCUT2D eigenvalue weighted by Gasteiger charge is -2.12. The van der Waals surface area contributed by atoms with Crippen molar-refractivity contribution >= 4 is 46.5 Å². The van der Waals surface area contributed by atoms with Crippen molar-refractivity contribution in [2.45, 2.75) is 0 Å². The molecule has 0 aromatic heterocycles. The summed E-state index contributed by atoms with van der Waals surface area (Å²) in [5, 5.41) is 12.5. The fraction of sp³-hybridized carbons (Fsp3) is 0.0526. The van der Waals surface area contributed by atoms with Gasteiger partial charge in [-0.1, -0.05) is 30.3 Å². The van der Waals surface area contributed by atoms with Crippen molar-refractivity contribution in [3.63, 3.8) is 0 Å². The van der Waals surface area contributed by atoms with E-state index in [1.165, 1.54) is 48.5 Å². The van der Waals surface area contributed by atoms with Gasteiger partial charge >= 0.3 is 0 Å². The molecule has 142 valence electrons. The van der Waals surface area contributed by atoms with Gasteiger partial charge in [-0.2, -0.15) is 0 Å². The van der Waals surface area contributed by atoms with E-state index >= 15 is 0 Å². The number of carbonyl (C=O) groups excluding carboxylic acids is 4. The van der Waals surface area contributed by atoms with Crippen LogP contribution in [-0.4, -0.2) is 34.5 Å². The Hall–Kier alpha value is -3.46. The number of rotatable bonds is 5. The van der Waals surface area contributed by atoms with Crippen molar-refractivity contribution in [1.29, 1.82) is 0 Å². The predicted molar refractivity (Wildman–Crippen MR) is 98.5 cm³/mol. The summed E-state index contributed by atoms with van der Waals surface area (Å²) in [7, 11) is 0. The minimum absolute atomic E-state index is 0.0150. The van der Waals surface area contributed by atoms with Gasteiger partial charge in [0.15, 0.2) is 0 Å². The number of halogens is 1. The molecule has 0 radical (unpaired) electrons. The molecule has 0 spiro atoms. The maximum absolute atomic E-state index is 13.7. The standard InChI is InChI=1S/C19H13FN2O5S/c20-14-4-2-1-3-12(14)9-15-17(24)22(19(27)28-15)10-16(23)21-13-7-5-11(6-8-13)18(25)26/h1-9H,10H2,(H,21,23)(H,25,26)/p-1/b15-9+. The number of nitrogens with one attached hydrogen (secondary N) is 1. The summed E-state index contributed by atoms with van der Waals surface area (Å²) in [6.45, 7) is -0.526. The summed E-state index contributed by atoms with van der Waals surface area (Å²) < 4.78 is 13.7. The third kappa shape index (κ3) is 4.26.